The average Bonchev–Trinajstić information content (AvgIpc) is 2.90. The van der Waals surface area contributed by atoms with Crippen LogP contribution in [-0.2, 0) is 20.7 Å². The molecule has 1 rings (SSSR count). The predicted molar refractivity (Wildman–Crippen MR) is 84.6 cm³/mol. The fourth-order valence-corrected chi connectivity index (χ4v) is 2.43. The zero-order valence-electron chi connectivity index (χ0n) is 13.0. The second kappa shape index (κ2) is 9.19. The molecule has 0 aliphatic rings. The zero-order chi connectivity index (χ0) is 16.5. The lowest BCUT2D eigenvalue weighted by atomic mass is 10.2. The Labute approximate surface area is 134 Å². The minimum atomic E-state index is -0.993. The van der Waals surface area contributed by atoms with Crippen molar-refractivity contribution in [1.29, 1.82) is 0 Å². The highest BCUT2D eigenvalue weighted by molar-refractivity contribution is 7.09. The van der Waals surface area contributed by atoms with Crippen molar-refractivity contribution >= 4 is 29.2 Å². The van der Waals surface area contributed by atoms with E-state index < -0.39 is 24.0 Å². The van der Waals surface area contributed by atoms with Crippen molar-refractivity contribution in [1.82, 2.24) is 10.6 Å². The van der Waals surface area contributed by atoms with E-state index in [-0.39, 0.29) is 12.5 Å². The Morgan fingerprint density at radius 1 is 1.27 bits per heavy atom. The third-order valence-corrected chi connectivity index (χ3v) is 3.65. The normalized spacial score (nSPS) is 11.8. The molecule has 1 aromatic rings. The number of hydrogen-bond acceptors (Lipinski definition) is 5. The Morgan fingerprint density at radius 2 is 2.00 bits per heavy atom. The van der Waals surface area contributed by atoms with Crippen LogP contribution in [0, 0.1) is 0 Å². The number of carbonyl (C=O) groups is 3. The molecule has 0 unspecified atom stereocenters. The summed E-state index contributed by atoms with van der Waals surface area (Å²) in [5, 5.41) is 6.64. The molecule has 0 saturated heterocycles. The van der Waals surface area contributed by atoms with Gasteiger partial charge in [0, 0.05) is 17.3 Å². The van der Waals surface area contributed by atoms with Crippen LogP contribution in [0.5, 0.6) is 0 Å². The van der Waals surface area contributed by atoms with Gasteiger partial charge in [-0.15, -0.1) is 11.3 Å². The third kappa shape index (κ3) is 7.21. The van der Waals surface area contributed by atoms with Gasteiger partial charge in [-0.1, -0.05) is 6.07 Å². The largest absolute Gasteiger partial charge is 0.453 e. The van der Waals surface area contributed by atoms with Crippen LogP contribution in [-0.4, -0.2) is 30.1 Å². The molecular weight excluding hydrogens is 304 g/mol. The fourth-order valence-electron chi connectivity index (χ4n) is 1.68. The van der Waals surface area contributed by atoms with Crippen molar-refractivity contribution in [3.05, 3.63) is 22.4 Å². The number of rotatable bonds is 7. The van der Waals surface area contributed by atoms with Gasteiger partial charge < -0.3 is 10.1 Å². The van der Waals surface area contributed by atoms with Gasteiger partial charge in [-0.2, -0.15) is 0 Å². The lowest BCUT2D eigenvalue weighted by Crippen LogP contribution is -2.46. The number of amides is 3. The van der Waals surface area contributed by atoms with Crippen LogP contribution in [0.4, 0.5) is 4.79 Å². The van der Waals surface area contributed by atoms with E-state index in [2.05, 4.69) is 10.6 Å². The molecule has 2 N–H and O–H groups in total. The van der Waals surface area contributed by atoms with Crippen LogP contribution in [0.25, 0.3) is 0 Å². The molecule has 6 nitrogen and oxygen atoms in total. The van der Waals surface area contributed by atoms with Crippen molar-refractivity contribution in [2.75, 3.05) is 0 Å². The van der Waals surface area contributed by atoms with Gasteiger partial charge in [0.15, 0.2) is 6.10 Å². The molecule has 0 radical (unpaired) electrons. The fraction of sp³-hybridized carbons (Fsp3) is 0.533. The lowest BCUT2D eigenvalue weighted by molar-refractivity contribution is -0.154. The summed E-state index contributed by atoms with van der Waals surface area (Å²) in [6.07, 6.45) is 0.728. The molecule has 1 aromatic heterocycles. The first kappa shape index (κ1) is 18.2. The Kier molecular flexibility index (Phi) is 7.59. The molecule has 0 spiro atoms. The van der Waals surface area contributed by atoms with Gasteiger partial charge in [-0.05, 0) is 45.1 Å². The molecule has 122 valence electrons. The van der Waals surface area contributed by atoms with E-state index in [9.17, 15) is 14.4 Å². The van der Waals surface area contributed by atoms with Crippen molar-refractivity contribution < 1.29 is 19.1 Å². The van der Waals surface area contributed by atoms with Crippen LogP contribution in [0.3, 0.4) is 0 Å². The number of ether oxygens (including phenoxy) is 1. The summed E-state index contributed by atoms with van der Waals surface area (Å²) in [6.45, 7) is 5.00. The van der Waals surface area contributed by atoms with Crippen LogP contribution in [0.2, 0.25) is 0 Å². The van der Waals surface area contributed by atoms with Crippen LogP contribution >= 0.6 is 11.3 Å². The van der Waals surface area contributed by atoms with Crippen LogP contribution < -0.4 is 10.6 Å². The standard InChI is InChI=1S/C15H22N2O4S/c1-10(2)16-15(20)17-14(19)11(3)21-13(18)8-4-6-12-7-5-9-22-12/h5,7,9-11H,4,6,8H2,1-3H3,(H2,16,17,19,20)/t11-/m0/s1. The number of hydrogen-bond donors (Lipinski definition) is 2. The van der Waals surface area contributed by atoms with E-state index in [4.69, 9.17) is 4.74 Å². The molecule has 3 amide bonds. The van der Waals surface area contributed by atoms with E-state index in [0.29, 0.717) is 6.42 Å². The first-order valence-corrected chi connectivity index (χ1v) is 8.09. The molecule has 7 heteroatoms. The number of carbonyl (C=O) groups excluding carboxylic acids is 3. The van der Waals surface area contributed by atoms with Crippen molar-refractivity contribution in [2.24, 2.45) is 0 Å². The van der Waals surface area contributed by atoms with E-state index >= 15 is 0 Å². The van der Waals surface area contributed by atoms with E-state index in [1.165, 1.54) is 11.8 Å². The monoisotopic (exact) mass is 326 g/mol. The smallest absolute Gasteiger partial charge is 0.321 e. The number of esters is 1. The summed E-state index contributed by atoms with van der Waals surface area (Å²) in [5.41, 5.74) is 0. The first-order valence-electron chi connectivity index (χ1n) is 7.21. The van der Waals surface area contributed by atoms with Crippen molar-refractivity contribution in [2.45, 2.75) is 52.2 Å². The first-order chi connectivity index (χ1) is 10.4. The maximum absolute atomic E-state index is 11.7. The molecule has 0 aliphatic carbocycles. The molecule has 22 heavy (non-hydrogen) atoms. The van der Waals surface area contributed by atoms with E-state index in [1.54, 1.807) is 25.2 Å². The Balaban J connectivity index is 2.24. The second-order valence-corrected chi connectivity index (χ2v) is 6.21. The summed E-state index contributed by atoms with van der Waals surface area (Å²) in [7, 11) is 0. The Hall–Kier alpha value is -1.89. The maximum Gasteiger partial charge on any atom is 0.321 e. The number of aryl methyl sites for hydroxylation is 1. The van der Waals surface area contributed by atoms with Gasteiger partial charge in [0.1, 0.15) is 0 Å². The highest BCUT2D eigenvalue weighted by Gasteiger charge is 2.19. The minimum Gasteiger partial charge on any atom is -0.453 e. The van der Waals surface area contributed by atoms with Crippen LogP contribution in [0.15, 0.2) is 17.5 Å². The number of imide groups is 1. The quantitative estimate of drug-likeness (QED) is 0.753. The van der Waals surface area contributed by atoms with Crippen molar-refractivity contribution in [3.8, 4) is 0 Å². The van der Waals surface area contributed by atoms with Gasteiger partial charge in [0.25, 0.3) is 5.91 Å². The number of nitrogens with one attached hydrogen (secondary N) is 2. The van der Waals surface area contributed by atoms with Crippen LogP contribution in [0.1, 0.15) is 38.5 Å². The lowest BCUT2D eigenvalue weighted by Gasteiger charge is -2.14. The molecule has 1 atom stereocenters. The Bertz CT molecular complexity index is 500. The molecule has 0 bridgehead atoms. The molecule has 0 aliphatic heterocycles. The zero-order valence-corrected chi connectivity index (χ0v) is 13.9. The molecular formula is C15H22N2O4S. The van der Waals surface area contributed by atoms with Gasteiger partial charge in [-0.25, -0.2) is 4.79 Å². The molecule has 0 saturated carbocycles. The predicted octanol–water partition coefficient (Wildman–Crippen LogP) is 2.24. The minimum absolute atomic E-state index is 0.0806. The summed E-state index contributed by atoms with van der Waals surface area (Å²) < 4.78 is 5.01. The summed E-state index contributed by atoms with van der Waals surface area (Å²) in [4.78, 5) is 35.9. The molecule has 1 heterocycles. The SMILES string of the molecule is CC(C)NC(=O)NC(=O)[C@H](C)OC(=O)CCCc1cccs1. The van der Waals surface area contributed by atoms with E-state index in [1.807, 2.05) is 17.5 Å². The molecule has 0 aromatic carbocycles. The summed E-state index contributed by atoms with van der Waals surface area (Å²) in [5.74, 6) is -1.08. The van der Waals surface area contributed by atoms with Gasteiger partial charge in [0.05, 0.1) is 0 Å². The van der Waals surface area contributed by atoms with Gasteiger partial charge in [-0.3, -0.25) is 14.9 Å². The van der Waals surface area contributed by atoms with Gasteiger partial charge >= 0.3 is 12.0 Å². The Morgan fingerprint density at radius 3 is 2.59 bits per heavy atom. The second-order valence-electron chi connectivity index (χ2n) is 5.18. The van der Waals surface area contributed by atoms with Crippen molar-refractivity contribution in [3.63, 3.8) is 0 Å². The number of thiophene rings is 1. The van der Waals surface area contributed by atoms with E-state index in [0.717, 1.165) is 6.42 Å². The maximum atomic E-state index is 11.7. The highest BCUT2D eigenvalue weighted by Crippen LogP contribution is 2.12. The number of urea groups is 1. The highest BCUT2D eigenvalue weighted by atomic mass is 32.1. The molecule has 0 fully saturated rings. The average molecular weight is 326 g/mol. The summed E-state index contributed by atoms with van der Waals surface area (Å²) >= 11 is 1.64. The third-order valence-electron chi connectivity index (χ3n) is 2.72. The van der Waals surface area contributed by atoms with Gasteiger partial charge in [0.2, 0.25) is 0 Å². The summed E-state index contributed by atoms with van der Waals surface area (Å²) in [6, 6.07) is 3.30. The topological polar surface area (TPSA) is 84.5 Å².